The zero-order valence-electron chi connectivity index (χ0n) is 14.8. The minimum Gasteiger partial charge on any atom is -0.465 e. The van der Waals surface area contributed by atoms with Gasteiger partial charge in [0.15, 0.2) is 0 Å². The van der Waals surface area contributed by atoms with Crippen LogP contribution in [0.25, 0.3) is 0 Å². The predicted molar refractivity (Wildman–Crippen MR) is 100 cm³/mol. The summed E-state index contributed by atoms with van der Waals surface area (Å²) in [5.74, 6) is -0.262. The van der Waals surface area contributed by atoms with E-state index in [0.29, 0.717) is 27.6 Å². The van der Waals surface area contributed by atoms with Crippen LogP contribution in [-0.2, 0) is 9.53 Å². The van der Waals surface area contributed by atoms with Crippen molar-refractivity contribution in [2.45, 2.75) is 25.3 Å². The van der Waals surface area contributed by atoms with Gasteiger partial charge in [0, 0.05) is 17.9 Å². The molecule has 6 nitrogen and oxygen atoms in total. The average Bonchev–Trinajstić information content (AvgIpc) is 2.61. The van der Waals surface area contributed by atoms with Gasteiger partial charge in [0.1, 0.15) is 11.1 Å². The first kappa shape index (κ1) is 19.5. The molecule has 0 saturated heterocycles. The number of amides is 1. The van der Waals surface area contributed by atoms with E-state index < -0.39 is 5.97 Å². The second kappa shape index (κ2) is 9.02. The van der Waals surface area contributed by atoms with Gasteiger partial charge in [0.2, 0.25) is 5.91 Å². The number of anilines is 1. The van der Waals surface area contributed by atoms with E-state index in [1.165, 1.54) is 18.9 Å². The molecule has 2 rings (SSSR count). The van der Waals surface area contributed by atoms with Crippen molar-refractivity contribution in [3.63, 3.8) is 0 Å². The lowest BCUT2D eigenvalue weighted by Crippen LogP contribution is -2.15. The third-order valence-electron chi connectivity index (χ3n) is 3.60. The highest BCUT2D eigenvalue weighted by Gasteiger charge is 2.14. The highest BCUT2D eigenvalue weighted by molar-refractivity contribution is 7.99. The highest BCUT2D eigenvalue weighted by atomic mass is 32.2. The normalized spacial score (nSPS) is 10.1. The Morgan fingerprint density at radius 1 is 1.31 bits per heavy atom. The molecule has 1 aromatic heterocycles. The molecule has 0 aliphatic carbocycles. The molecule has 0 spiro atoms. The van der Waals surface area contributed by atoms with Crippen molar-refractivity contribution in [1.82, 2.24) is 4.98 Å². The zero-order valence-corrected chi connectivity index (χ0v) is 15.6. The van der Waals surface area contributed by atoms with Crippen LogP contribution in [0, 0.1) is 25.2 Å². The third kappa shape index (κ3) is 4.83. The SMILES string of the molecule is COC(=O)c1ccccc1NC(=O)CCSc1nc(C)cc(C)c1C#N. The number of aryl methyl sites for hydroxylation is 2. The summed E-state index contributed by atoms with van der Waals surface area (Å²) in [6, 6.07) is 10.7. The van der Waals surface area contributed by atoms with Crippen LogP contribution in [0.5, 0.6) is 0 Å². The van der Waals surface area contributed by atoms with Gasteiger partial charge in [-0.15, -0.1) is 11.8 Å². The van der Waals surface area contributed by atoms with Crippen LogP contribution < -0.4 is 5.32 Å². The third-order valence-corrected chi connectivity index (χ3v) is 4.57. The molecule has 0 fully saturated rings. The second-order valence-corrected chi connectivity index (χ2v) is 6.64. The lowest BCUT2D eigenvalue weighted by atomic mass is 10.1. The van der Waals surface area contributed by atoms with Crippen molar-refractivity contribution in [1.29, 1.82) is 5.26 Å². The monoisotopic (exact) mass is 369 g/mol. The second-order valence-electron chi connectivity index (χ2n) is 5.56. The number of nitrogens with zero attached hydrogens (tertiary/aromatic N) is 2. The van der Waals surface area contributed by atoms with Crippen LogP contribution >= 0.6 is 11.8 Å². The number of nitrogens with one attached hydrogen (secondary N) is 1. The maximum absolute atomic E-state index is 12.2. The van der Waals surface area contributed by atoms with Gasteiger partial charge >= 0.3 is 5.97 Å². The van der Waals surface area contributed by atoms with E-state index in [1.54, 1.807) is 24.3 Å². The summed E-state index contributed by atoms with van der Waals surface area (Å²) in [6.45, 7) is 3.74. The Balaban J connectivity index is 1.99. The number of hydrogen-bond acceptors (Lipinski definition) is 6. The van der Waals surface area contributed by atoms with E-state index in [0.717, 1.165) is 11.3 Å². The average molecular weight is 369 g/mol. The van der Waals surface area contributed by atoms with Crippen molar-refractivity contribution >= 4 is 29.3 Å². The number of nitriles is 1. The molecular weight excluding hydrogens is 350 g/mol. The van der Waals surface area contributed by atoms with Crippen molar-refractivity contribution in [2.75, 3.05) is 18.2 Å². The van der Waals surface area contributed by atoms with E-state index in [9.17, 15) is 14.9 Å². The molecule has 0 saturated carbocycles. The van der Waals surface area contributed by atoms with Gasteiger partial charge < -0.3 is 10.1 Å². The Kier molecular flexibility index (Phi) is 6.75. The fourth-order valence-corrected chi connectivity index (χ4v) is 3.42. The van der Waals surface area contributed by atoms with E-state index in [2.05, 4.69) is 16.4 Å². The molecule has 7 heteroatoms. The minimum atomic E-state index is -0.506. The molecule has 0 atom stereocenters. The first-order chi connectivity index (χ1) is 12.5. The van der Waals surface area contributed by atoms with E-state index >= 15 is 0 Å². The van der Waals surface area contributed by atoms with Crippen molar-refractivity contribution in [3.8, 4) is 6.07 Å². The van der Waals surface area contributed by atoms with Gasteiger partial charge in [-0.1, -0.05) is 12.1 Å². The summed E-state index contributed by atoms with van der Waals surface area (Å²) in [7, 11) is 1.29. The Morgan fingerprint density at radius 2 is 2.04 bits per heavy atom. The molecular formula is C19H19N3O3S. The number of rotatable bonds is 6. The summed E-state index contributed by atoms with van der Waals surface area (Å²) >= 11 is 1.37. The van der Waals surface area contributed by atoms with Gasteiger partial charge in [-0.3, -0.25) is 4.79 Å². The molecule has 134 valence electrons. The fourth-order valence-electron chi connectivity index (χ4n) is 2.38. The number of pyridine rings is 1. The van der Waals surface area contributed by atoms with Crippen molar-refractivity contribution in [2.24, 2.45) is 0 Å². The lowest BCUT2D eigenvalue weighted by Gasteiger charge is -2.10. The van der Waals surface area contributed by atoms with E-state index in [1.807, 2.05) is 19.9 Å². The molecule has 0 radical (unpaired) electrons. The van der Waals surface area contributed by atoms with E-state index in [-0.39, 0.29) is 12.3 Å². The first-order valence-electron chi connectivity index (χ1n) is 7.94. The summed E-state index contributed by atoms with van der Waals surface area (Å²) in [6.07, 6.45) is 0.222. The number of esters is 1. The topological polar surface area (TPSA) is 92.1 Å². The van der Waals surface area contributed by atoms with Crippen LogP contribution in [0.3, 0.4) is 0 Å². The molecule has 2 aromatic rings. The zero-order chi connectivity index (χ0) is 19.1. The summed E-state index contributed by atoms with van der Waals surface area (Å²) in [4.78, 5) is 28.3. The summed E-state index contributed by atoms with van der Waals surface area (Å²) in [5, 5.41) is 12.6. The molecule has 0 aliphatic rings. The van der Waals surface area contributed by atoms with Gasteiger partial charge in [0.05, 0.1) is 23.9 Å². The lowest BCUT2D eigenvalue weighted by molar-refractivity contribution is -0.115. The van der Waals surface area contributed by atoms with Crippen LogP contribution in [-0.4, -0.2) is 29.7 Å². The molecule has 1 N–H and O–H groups in total. The fraction of sp³-hybridized carbons (Fsp3) is 0.263. The quantitative estimate of drug-likeness (QED) is 0.619. The maximum atomic E-state index is 12.2. The molecule has 0 bridgehead atoms. The number of para-hydroxylation sites is 1. The predicted octanol–water partition coefficient (Wildman–Crippen LogP) is 3.48. The van der Waals surface area contributed by atoms with Crippen molar-refractivity contribution < 1.29 is 14.3 Å². The Labute approximate surface area is 156 Å². The van der Waals surface area contributed by atoms with Gasteiger partial charge in [0.25, 0.3) is 0 Å². The number of aromatic nitrogens is 1. The largest absolute Gasteiger partial charge is 0.465 e. The highest BCUT2D eigenvalue weighted by Crippen LogP contribution is 2.24. The number of ether oxygens (including phenoxy) is 1. The maximum Gasteiger partial charge on any atom is 0.339 e. The van der Waals surface area contributed by atoms with Crippen LogP contribution in [0.15, 0.2) is 35.4 Å². The Hall–Kier alpha value is -2.85. The number of methoxy groups -OCH3 is 1. The molecule has 0 unspecified atom stereocenters. The van der Waals surface area contributed by atoms with Gasteiger partial charge in [-0.2, -0.15) is 5.26 Å². The smallest absolute Gasteiger partial charge is 0.339 e. The minimum absolute atomic E-state index is 0.222. The molecule has 0 aliphatic heterocycles. The number of benzene rings is 1. The molecule has 1 aromatic carbocycles. The Morgan fingerprint density at radius 3 is 2.73 bits per heavy atom. The number of thioether (sulfide) groups is 1. The van der Waals surface area contributed by atoms with Crippen LogP contribution in [0.1, 0.15) is 33.6 Å². The molecule has 1 amide bonds. The van der Waals surface area contributed by atoms with Crippen LogP contribution in [0.4, 0.5) is 5.69 Å². The number of hydrogen-bond donors (Lipinski definition) is 1. The number of carbonyl (C=O) groups is 2. The van der Waals surface area contributed by atoms with E-state index in [4.69, 9.17) is 4.74 Å². The molecule has 1 heterocycles. The van der Waals surface area contributed by atoms with Crippen molar-refractivity contribution in [3.05, 3.63) is 52.7 Å². The number of carbonyl (C=O) groups excluding carboxylic acids is 2. The van der Waals surface area contributed by atoms with Crippen LogP contribution in [0.2, 0.25) is 0 Å². The summed E-state index contributed by atoms with van der Waals surface area (Å²) in [5.41, 5.74) is 2.96. The standard InChI is InChI=1S/C19H19N3O3S/c1-12-10-13(2)21-18(15(12)11-20)26-9-8-17(23)22-16-7-5-4-6-14(16)19(24)25-3/h4-7,10H,8-9H2,1-3H3,(H,22,23). The summed E-state index contributed by atoms with van der Waals surface area (Å²) < 4.78 is 4.71. The van der Waals surface area contributed by atoms with Gasteiger partial charge in [-0.05, 0) is 37.6 Å². The Bertz CT molecular complexity index is 875. The van der Waals surface area contributed by atoms with Gasteiger partial charge in [-0.25, -0.2) is 9.78 Å². The molecule has 26 heavy (non-hydrogen) atoms. The first-order valence-corrected chi connectivity index (χ1v) is 8.93.